The van der Waals surface area contributed by atoms with E-state index in [-0.39, 0.29) is 24.8 Å². The Hall–Kier alpha value is -4.11. The van der Waals surface area contributed by atoms with Crippen LogP contribution in [0.1, 0.15) is 59.3 Å². The molecule has 1 aliphatic heterocycles. The standard InChI is InChI=1S/C34H39N3O5S/c1-26-30-19-8-9-20-31(30)37(23-12-17-27-13-4-2-5-14-27)32(26)33(38)35-43(40,41)24-21-29-18-10-11-22-36(29)34(39)42-25-28-15-6-3-7-16-28/h2-9,13-16,19-20,29H,10-12,17-18,21-25H2,1H3,(H,35,38)/t29-/m1/s1. The van der Waals surface area contributed by atoms with Crippen LogP contribution in [0, 0.1) is 6.92 Å². The molecular formula is C34H39N3O5S. The molecule has 226 valence electrons. The Kier molecular flexibility index (Phi) is 9.82. The van der Waals surface area contributed by atoms with Gasteiger partial charge in [0.15, 0.2) is 0 Å². The van der Waals surface area contributed by atoms with Crippen molar-refractivity contribution in [2.75, 3.05) is 12.3 Å². The number of para-hydroxylation sites is 1. The molecule has 0 bridgehead atoms. The zero-order valence-corrected chi connectivity index (χ0v) is 25.4. The number of aryl methyl sites for hydroxylation is 3. The predicted octanol–water partition coefficient (Wildman–Crippen LogP) is 6.22. The number of aromatic nitrogens is 1. The minimum atomic E-state index is -3.96. The fraction of sp³-hybridized carbons (Fsp3) is 0.353. The molecule has 9 heteroatoms. The van der Waals surface area contributed by atoms with Gasteiger partial charge in [-0.1, -0.05) is 78.9 Å². The number of likely N-dealkylation sites (tertiary alicyclic amines) is 1. The predicted molar refractivity (Wildman–Crippen MR) is 168 cm³/mol. The molecule has 1 aliphatic rings. The Morgan fingerprint density at radius 2 is 1.58 bits per heavy atom. The molecule has 2 amide bonds. The van der Waals surface area contributed by atoms with Gasteiger partial charge in [-0.25, -0.2) is 17.9 Å². The summed E-state index contributed by atoms with van der Waals surface area (Å²) in [5.41, 5.74) is 4.12. The maximum absolute atomic E-state index is 13.6. The van der Waals surface area contributed by atoms with Crippen molar-refractivity contribution in [1.29, 1.82) is 0 Å². The van der Waals surface area contributed by atoms with Gasteiger partial charge >= 0.3 is 6.09 Å². The van der Waals surface area contributed by atoms with E-state index >= 15 is 0 Å². The maximum Gasteiger partial charge on any atom is 0.410 e. The molecule has 0 aliphatic carbocycles. The summed E-state index contributed by atoms with van der Waals surface area (Å²) in [5.74, 6) is -0.893. The normalized spacial score (nSPS) is 15.4. The lowest BCUT2D eigenvalue weighted by atomic mass is 10.0. The summed E-state index contributed by atoms with van der Waals surface area (Å²) in [5, 5.41) is 0.927. The first-order valence-corrected chi connectivity index (χ1v) is 16.6. The van der Waals surface area contributed by atoms with Crippen LogP contribution in [-0.2, 0) is 34.3 Å². The lowest BCUT2D eigenvalue weighted by molar-refractivity contribution is 0.0672. The van der Waals surface area contributed by atoms with Crippen molar-refractivity contribution in [1.82, 2.24) is 14.2 Å². The molecule has 1 aromatic heterocycles. The van der Waals surface area contributed by atoms with Gasteiger partial charge in [-0.3, -0.25) is 4.79 Å². The molecule has 1 fully saturated rings. The van der Waals surface area contributed by atoms with Crippen LogP contribution < -0.4 is 4.72 Å². The third-order valence-electron chi connectivity index (χ3n) is 8.16. The monoisotopic (exact) mass is 601 g/mol. The van der Waals surface area contributed by atoms with Crippen molar-refractivity contribution in [3.63, 3.8) is 0 Å². The first-order chi connectivity index (χ1) is 20.8. The molecule has 1 N–H and O–H groups in total. The van der Waals surface area contributed by atoms with Gasteiger partial charge in [-0.2, -0.15) is 0 Å². The van der Waals surface area contributed by atoms with E-state index in [1.165, 1.54) is 5.56 Å². The second-order valence-corrected chi connectivity index (χ2v) is 13.0. The van der Waals surface area contributed by atoms with Crippen LogP contribution >= 0.6 is 0 Å². The quantitative estimate of drug-likeness (QED) is 0.220. The number of amides is 2. The molecule has 5 rings (SSSR count). The van der Waals surface area contributed by atoms with Crippen molar-refractivity contribution in [3.05, 3.63) is 107 Å². The zero-order chi connectivity index (χ0) is 30.2. The maximum atomic E-state index is 13.6. The number of piperidine rings is 1. The van der Waals surface area contributed by atoms with Crippen LogP contribution in [-0.4, -0.2) is 48.2 Å². The average Bonchev–Trinajstić information content (AvgIpc) is 3.31. The number of nitrogens with one attached hydrogen (secondary N) is 1. The highest BCUT2D eigenvalue weighted by atomic mass is 32.2. The Balaban J connectivity index is 1.24. The van der Waals surface area contributed by atoms with Gasteiger partial charge in [0.2, 0.25) is 10.0 Å². The Labute approximate surface area is 253 Å². The van der Waals surface area contributed by atoms with Crippen molar-refractivity contribution < 1.29 is 22.7 Å². The molecule has 3 aromatic carbocycles. The topological polar surface area (TPSA) is 97.7 Å². The summed E-state index contributed by atoms with van der Waals surface area (Å²) in [6.07, 6.45) is 3.87. The number of hydrogen-bond acceptors (Lipinski definition) is 5. The van der Waals surface area contributed by atoms with E-state index in [1.807, 2.05) is 84.3 Å². The van der Waals surface area contributed by atoms with Gasteiger partial charge in [0.25, 0.3) is 5.91 Å². The van der Waals surface area contributed by atoms with Crippen molar-refractivity contribution in [2.24, 2.45) is 0 Å². The second kappa shape index (κ2) is 13.9. The summed E-state index contributed by atoms with van der Waals surface area (Å²) in [7, 11) is -3.96. The number of rotatable bonds is 11. The first-order valence-electron chi connectivity index (χ1n) is 15.0. The van der Waals surface area contributed by atoms with E-state index in [0.717, 1.165) is 47.7 Å². The highest BCUT2D eigenvalue weighted by molar-refractivity contribution is 7.90. The summed E-state index contributed by atoms with van der Waals surface area (Å²) in [6, 6.07) is 27.1. The molecule has 0 spiro atoms. The van der Waals surface area contributed by atoms with E-state index < -0.39 is 22.0 Å². The van der Waals surface area contributed by atoms with Gasteiger partial charge in [-0.05, 0) is 68.2 Å². The summed E-state index contributed by atoms with van der Waals surface area (Å²) in [6.45, 7) is 3.12. The van der Waals surface area contributed by atoms with Crippen LogP contribution in [0.3, 0.4) is 0 Å². The van der Waals surface area contributed by atoms with Gasteiger partial charge < -0.3 is 14.2 Å². The number of benzene rings is 3. The number of nitrogens with zero attached hydrogens (tertiary/aromatic N) is 2. The number of ether oxygens (including phenoxy) is 1. The third-order valence-corrected chi connectivity index (χ3v) is 9.43. The Bertz CT molecular complexity index is 1650. The summed E-state index contributed by atoms with van der Waals surface area (Å²) in [4.78, 5) is 28.1. The fourth-order valence-electron chi connectivity index (χ4n) is 5.96. The molecule has 1 atom stereocenters. The highest BCUT2D eigenvalue weighted by Gasteiger charge is 2.30. The van der Waals surface area contributed by atoms with E-state index in [0.29, 0.717) is 25.2 Å². The van der Waals surface area contributed by atoms with Gasteiger partial charge in [0, 0.05) is 30.0 Å². The number of sulfonamides is 1. The minimum Gasteiger partial charge on any atom is -0.445 e. The molecule has 1 saturated heterocycles. The number of fused-ring (bicyclic) bond motifs is 1. The molecule has 8 nitrogen and oxygen atoms in total. The van der Waals surface area contributed by atoms with Crippen LogP contribution in [0.15, 0.2) is 84.9 Å². The van der Waals surface area contributed by atoms with Gasteiger partial charge in [0.1, 0.15) is 12.3 Å². The molecule has 0 saturated carbocycles. The zero-order valence-electron chi connectivity index (χ0n) is 24.6. The van der Waals surface area contributed by atoms with E-state index in [4.69, 9.17) is 4.74 Å². The highest BCUT2D eigenvalue weighted by Crippen LogP contribution is 2.27. The van der Waals surface area contributed by atoms with Crippen molar-refractivity contribution in [2.45, 2.75) is 64.6 Å². The molecule has 43 heavy (non-hydrogen) atoms. The third kappa shape index (κ3) is 7.65. The Morgan fingerprint density at radius 3 is 2.33 bits per heavy atom. The lowest BCUT2D eigenvalue weighted by Crippen LogP contribution is -2.45. The van der Waals surface area contributed by atoms with Crippen molar-refractivity contribution in [3.8, 4) is 0 Å². The number of hydrogen-bond donors (Lipinski definition) is 1. The van der Waals surface area contributed by atoms with Crippen LogP contribution in [0.2, 0.25) is 0 Å². The smallest absolute Gasteiger partial charge is 0.410 e. The second-order valence-electron chi connectivity index (χ2n) is 11.2. The Morgan fingerprint density at radius 1 is 0.907 bits per heavy atom. The average molecular weight is 602 g/mol. The number of carbonyl (C=O) groups excluding carboxylic acids is 2. The molecule has 0 radical (unpaired) electrons. The van der Waals surface area contributed by atoms with E-state index in [9.17, 15) is 18.0 Å². The number of carbonyl (C=O) groups is 2. The van der Waals surface area contributed by atoms with Crippen molar-refractivity contribution >= 4 is 32.9 Å². The first kappa shape index (κ1) is 30.4. The van der Waals surface area contributed by atoms with Gasteiger partial charge in [-0.15, -0.1) is 0 Å². The van der Waals surface area contributed by atoms with E-state index in [1.54, 1.807) is 4.90 Å². The van der Waals surface area contributed by atoms with Gasteiger partial charge in [0.05, 0.1) is 5.75 Å². The minimum absolute atomic E-state index is 0.163. The SMILES string of the molecule is Cc1c(C(=O)NS(=O)(=O)CC[C@H]2CCCCN2C(=O)OCc2ccccc2)n(CCCc2ccccc2)c2ccccc12. The van der Waals surface area contributed by atoms with Crippen LogP contribution in [0.25, 0.3) is 10.9 Å². The largest absolute Gasteiger partial charge is 0.445 e. The molecule has 4 aromatic rings. The molecule has 2 heterocycles. The summed E-state index contributed by atoms with van der Waals surface area (Å²) >= 11 is 0. The fourth-order valence-corrected chi connectivity index (χ4v) is 7.03. The molecule has 0 unspecified atom stereocenters. The summed E-state index contributed by atoms with van der Waals surface area (Å²) < 4.78 is 36.2. The molecular weight excluding hydrogens is 562 g/mol. The van der Waals surface area contributed by atoms with E-state index in [2.05, 4.69) is 16.9 Å². The van der Waals surface area contributed by atoms with Crippen LogP contribution in [0.5, 0.6) is 0 Å². The van der Waals surface area contributed by atoms with Crippen LogP contribution in [0.4, 0.5) is 4.79 Å². The lowest BCUT2D eigenvalue weighted by Gasteiger charge is -2.34.